The minimum atomic E-state index is -0.849. The van der Waals surface area contributed by atoms with E-state index in [-0.39, 0.29) is 18.5 Å². The Balaban J connectivity index is 3.43. The molecule has 69 heavy (non-hydrogen) atoms. The third-order valence-electron chi connectivity index (χ3n) is 14.1. The first-order valence-corrected chi connectivity index (χ1v) is 30.8. The normalized spacial score (nSPS) is 12.8. The van der Waals surface area contributed by atoms with Gasteiger partial charge in [-0.25, -0.2) is 0 Å². The molecule has 0 fully saturated rings. The molecule has 0 aliphatic carbocycles. The predicted molar refractivity (Wildman–Crippen MR) is 301 cm³/mol. The Labute approximate surface area is 430 Å². The molecule has 0 aromatic heterocycles. The molecule has 0 aromatic carbocycles. The van der Waals surface area contributed by atoms with Gasteiger partial charge in [0.1, 0.15) is 0 Å². The van der Waals surface area contributed by atoms with Crippen molar-refractivity contribution < 1.29 is 24.5 Å². The molecule has 1 amide bonds. The highest BCUT2D eigenvalue weighted by atomic mass is 16.5. The van der Waals surface area contributed by atoms with E-state index in [0.29, 0.717) is 19.4 Å². The maximum Gasteiger partial charge on any atom is 0.305 e. The van der Waals surface area contributed by atoms with E-state index in [1.807, 2.05) is 6.08 Å². The van der Waals surface area contributed by atoms with E-state index in [4.69, 9.17) is 4.74 Å². The Morgan fingerprint density at radius 3 is 1.03 bits per heavy atom. The number of carbonyl (C=O) groups is 2. The molecule has 0 aromatic rings. The van der Waals surface area contributed by atoms with Crippen LogP contribution in [0.3, 0.4) is 0 Å². The first-order valence-electron chi connectivity index (χ1n) is 30.8. The van der Waals surface area contributed by atoms with Gasteiger partial charge in [-0.2, -0.15) is 0 Å². The van der Waals surface area contributed by atoms with Gasteiger partial charge in [0.25, 0.3) is 0 Å². The lowest BCUT2D eigenvalue weighted by molar-refractivity contribution is -0.143. The van der Waals surface area contributed by atoms with E-state index in [1.165, 1.54) is 250 Å². The quantitative estimate of drug-likeness (QED) is 0.0321. The van der Waals surface area contributed by atoms with Crippen molar-refractivity contribution in [1.29, 1.82) is 0 Å². The van der Waals surface area contributed by atoms with Crippen LogP contribution in [0.25, 0.3) is 0 Å². The topological polar surface area (TPSA) is 95.9 Å². The number of carbonyl (C=O) groups excluding carboxylic acids is 2. The molecule has 0 heterocycles. The first-order chi connectivity index (χ1) is 34.0. The third-order valence-corrected chi connectivity index (χ3v) is 14.1. The summed E-state index contributed by atoms with van der Waals surface area (Å²) in [6.07, 6.45) is 73.2. The van der Waals surface area contributed by atoms with Crippen LogP contribution >= 0.6 is 0 Å². The molecule has 0 radical (unpaired) electrons. The summed E-state index contributed by atoms with van der Waals surface area (Å²) in [5.74, 6) is -0.0711. The zero-order valence-corrected chi connectivity index (χ0v) is 46.3. The van der Waals surface area contributed by atoms with Crippen LogP contribution in [-0.2, 0) is 14.3 Å². The molecule has 3 N–H and O–H groups in total. The van der Waals surface area contributed by atoms with Crippen LogP contribution in [-0.4, -0.2) is 47.4 Å². The molecular weight excluding hydrogens is 851 g/mol. The molecule has 0 aliphatic rings. The fourth-order valence-electron chi connectivity index (χ4n) is 9.39. The number of nitrogens with one attached hydrogen (secondary N) is 1. The van der Waals surface area contributed by atoms with Crippen molar-refractivity contribution in [3.63, 3.8) is 0 Å². The first kappa shape index (κ1) is 67.1. The van der Waals surface area contributed by atoms with Crippen molar-refractivity contribution in [1.82, 2.24) is 5.32 Å². The maximum absolute atomic E-state index is 12.4. The van der Waals surface area contributed by atoms with Crippen LogP contribution in [0.4, 0.5) is 0 Å². The lowest BCUT2D eigenvalue weighted by Gasteiger charge is -2.20. The molecule has 0 rings (SSSR count). The average Bonchev–Trinajstić information content (AvgIpc) is 3.35. The van der Waals surface area contributed by atoms with E-state index in [0.717, 1.165) is 51.4 Å². The third kappa shape index (κ3) is 55.2. The number of rotatable bonds is 57. The molecule has 2 unspecified atom stereocenters. The summed E-state index contributed by atoms with van der Waals surface area (Å²) in [6.45, 7) is 4.90. The van der Waals surface area contributed by atoms with Gasteiger partial charge >= 0.3 is 5.97 Å². The van der Waals surface area contributed by atoms with Crippen LogP contribution in [0.5, 0.6) is 0 Å². The summed E-state index contributed by atoms with van der Waals surface area (Å²) in [6, 6.07) is -0.633. The minimum absolute atomic E-state index is 0.00421. The Morgan fingerprint density at radius 1 is 0.391 bits per heavy atom. The molecule has 6 nitrogen and oxygen atoms in total. The van der Waals surface area contributed by atoms with E-state index >= 15 is 0 Å². The molecule has 0 saturated carbocycles. The van der Waals surface area contributed by atoms with Crippen LogP contribution in [0.1, 0.15) is 328 Å². The summed E-state index contributed by atoms with van der Waals surface area (Å²) >= 11 is 0. The van der Waals surface area contributed by atoms with E-state index in [9.17, 15) is 19.8 Å². The van der Waals surface area contributed by atoms with E-state index in [2.05, 4.69) is 43.5 Å². The van der Waals surface area contributed by atoms with Crippen LogP contribution in [0.2, 0.25) is 0 Å². The second kappa shape index (κ2) is 58.6. The summed E-state index contributed by atoms with van der Waals surface area (Å²) < 4.78 is 5.49. The Morgan fingerprint density at radius 2 is 0.681 bits per heavy atom. The van der Waals surface area contributed by atoms with Gasteiger partial charge in [-0.05, 0) is 83.5 Å². The van der Waals surface area contributed by atoms with Gasteiger partial charge in [0.15, 0.2) is 0 Å². The number of amides is 1. The monoisotopic (exact) mass is 970 g/mol. The summed E-state index contributed by atoms with van der Waals surface area (Å²) in [7, 11) is 0. The fraction of sp³-hybridized carbons (Fsp3) is 0.873. The summed E-state index contributed by atoms with van der Waals surface area (Å²) in [5.41, 5.74) is 0. The van der Waals surface area contributed by atoms with Crippen molar-refractivity contribution >= 4 is 11.9 Å². The van der Waals surface area contributed by atoms with Gasteiger partial charge < -0.3 is 20.3 Å². The van der Waals surface area contributed by atoms with Gasteiger partial charge in [-0.15, -0.1) is 0 Å². The largest absolute Gasteiger partial charge is 0.466 e. The fourth-order valence-corrected chi connectivity index (χ4v) is 9.39. The molecule has 406 valence electrons. The van der Waals surface area contributed by atoms with E-state index in [1.54, 1.807) is 6.08 Å². The Kier molecular flexibility index (Phi) is 57.0. The highest BCUT2D eigenvalue weighted by Crippen LogP contribution is 2.16. The zero-order chi connectivity index (χ0) is 50.0. The molecule has 2 atom stereocenters. The zero-order valence-electron chi connectivity index (χ0n) is 46.3. The number of hydrogen-bond donors (Lipinski definition) is 3. The van der Waals surface area contributed by atoms with Gasteiger partial charge in [0.05, 0.1) is 25.4 Å². The molecule has 0 bridgehead atoms. The number of ether oxygens (including phenoxy) is 1. The molecule has 0 saturated heterocycles. The lowest BCUT2D eigenvalue weighted by atomic mass is 10.0. The number of unbranched alkanes of at least 4 members (excludes halogenated alkanes) is 42. The second-order valence-electron chi connectivity index (χ2n) is 21.0. The summed E-state index contributed by atoms with van der Waals surface area (Å²) in [5, 5.41) is 23.1. The van der Waals surface area contributed by atoms with Crippen molar-refractivity contribution in [3.05, 3.63) is 36.5 Å². The predicted octanol–water partition coefficient (Wildman–Crippen LogP) is 19.2. The molecular formula is C63H119NO5. The van der Waals surface area contributed by atoms with Crippen LogP contribution < -0.4 is 5.32 Å². The van der Waals surface area contributed by atoms with Crippen molar-refractivity contribution in [2.45, 2.75) is 341 Å². The minimum Gasteiger partial charge on any atom is -0.466 e. The Hall–Kier alpha value is -1.92. The number of aliphatic hydroxyl groups is 2. The van der Waals surface area contributed by atoms with Crippen LogP contribution in [0, 0.1) is 0 Å². The number of hydrogen-bond acceptors (Lipinski definition) is 5. The number of allylic oxidation sites excluding steroid dienone is 5. The second-order valence-corrected chi connectivity index (χ2v) is 21.0. The molecule has 0 spiro atoms. The molecule has 6 heteroatoms. The SMILES string of the molecule is CCCCCCCC/C=C\CCCCCCCCCC(=O)OCCCCCCCCCCCC/C=C\CCCCCCCCCC(=O)NC(CO)C(O)/C=C/CCCCCCCCCCCCCC. The van der Waals surface area contributed by atoms with Gasteiger partial charge in [-0.1, -0.05) is 269 Å². The average molecular weight is 971 g/mol. The van der Waals surface area contributed by atoms with Crippen molar-refractivity contribution in [3.8, 4) is 0 Å². The standard InChI is InChI=1S/C63H119NO5/c1-3-5-7-9-11-13-15-17-19-25-29-33-37-41-45-49-53-57-63(68)69-58-54-50-46-42-38-34-30-27-24-22-20-21-23-26-28-32-36-40-44-48-52-56-62(67)64-60(59-65)61(66)55-51-47-43-39-35-31-18-16-14-12-10-8-6-4-2/h17,19,21,23,51,55,60-61,65-66H,3-16,18,20,22,24-50,52-54,56-59H2,1-2H3,(H,64,67)/b19-17-,23-21-,55-51+. The summed E-state index contributed by atoms with van der Waals surface area (Å²) in [4.78, 5) is 24.5. The molecule has 0 aliphatic heterocycles. The maximum atomic E-state index is 12.4. The van der Waals surface area contributed by atoms with Crippen LogP contribution in [0.15, 0.2) is 36.5 Å². The number of esters is 1. The smallest absolute Gasteiger partial charge is 0.305 e. The van der Waals surface area contributed by atoms with Crippen molar-refractivity contribution in [2.75, 3.05) is 13.2 Å². The van der Waals surface area contributed by atoms with E-state index < -0.39 is 12.1 Å². The van der Waals surface area contributed by atoms with Gasteiger partial charge in [0, 0.05) is 12.8 Å². The highest BCUT2D eigenvalue weighted by molar-refractivity contribution is 5.76. The highest BCUT2D eigenvalue weighted by Gasteiger charge is 2.18. The van der Waals surface area contributed by atoms with Gasteiger partial charge in [0.2, 0.25) is 5.91 Å². The number of aliphatic hydroxyl groups excluding tert-OH is 2. The lowest BCUT2D eigenvalue weighted by Crippen LogP contribution is -2.45. The Bertz CT molecular complexity index is 1120. The van der Waals surface area contributed by atoms with Gasteiger partial charge in [-0.3, -0.25) is 9.59 Å². The van der Waals surface area contributed by atoms with Crippen molar-refractivity contribution in [2.24, 2.45) is 0 Å².